The van der Waals surface area contributed by atoms with Crippen LogP contribution < -0.4 is 5.32 Å². The predicted molar refractivity (Wildman–Crippen MR) is 70.7 cm³/mol. The Labute approximate surface area is 111 Å². The van der Waals surface area contributed by atoms with Gasteiger partial charge < -0.3 is 9.73 Å². The first-order chi connectivity index (χ1) is 8.70. The van der Waals surface area contributed by atoms with Gasteiger partial charge in [0.2, 0.25) is 5.89 Å². The molecular formula is C13H14N2O2S. The van der Waals surface area contributed by atoms with Gasteiger partial charge in [0.1, 0.15) is 5.76 Å². The van der Waals surface area contributed by atoms with E-state index in [2.05, 4.69) is 22.9 Å². The van der Waals surface area contributed by atoms with Crippen LogP contribution in [-0.2, 0) is 13.0 Å². The zero-order valence-corrected chi connectivity index (χ0v) is 10.9. The van der Waals surface area contributed by atoms with Gasteiger partial charge in [0.05, 0.1) is 18.3 Å². The van der Waals surface area contributed by atoms with Crippen LogP contribution in [0.25, 0.3) is 0 Å². The van der Waals surface area contributed by atoms with Gasteiger partial charge in [-0.25, -0.2) is 4.98 Å². The number of aromatic nitrogens is 1. The quantitative estimate of drug-likeness (QED) is 0.832. The van der Waals surface area contributed by atoms with Crippen molar-refractivity contribution in [3.63, 3.8) is 0 Å². The Bertz CT molecular complexity index is 551. The zero-order chi connectivity index (χ0) is 13.0. The van der Waals surface area contributed by atoms with E-state index in [1.54, 1.807) is 24.4 Å². The number of carbonyl (C=O) groups is 1. The van der Waals surface area contributed by atoms with Crippen molar-refractivity contribution in [2.24, 2.45) is 0 Å². The molecule has 0 radical (unpaired) electrons. The third-order valence-electron chi connectivity index (χ3n) is 2.50. The van der Waals surface area contributed by atoms with E-state index in [-0.39, 0.29) is 12.5 Å². The van der Waals surface area contributed by atoms with Crippen LogP contribution >= 0.6 is 12.6 Å². The lowest BCUT2D eigenvalue weighted by molar-refractivity contribution is 0.0944. The van der Waals surface area contributed by atoms with Gasteiger partial charge in [-0.1, -0.05) is 19.1 Å². The van der Waals surface area contributed by atoms with E-state index in [1.807, 2.05) is 13.0 Å². The minimum atomic E-state index is -0.183. The fraction of sp³-hybridized carbons (Fsp3) is 0.231. The molecule has 0 saturated carbocycles. The second-order valence-electron chi connectivity index (χ2n) is 3.77. The zero-order valence-electron chi connectivity index (χ0n) is 10.0. The molecule has 0 aliphatic heterocycles. The molecule has 0 bridgehead atoms. The minimum Gasteiger partial charge on any atom is -0.444 e. The van der Waals surface area contributed by atoms with Crippen LogP contribution in [0.3, 0.4) is 0 Å². The van der Waals surface area contributed by atoms with E-state index >= 15 is 0 Å². The molecule has 0 saturated heterocycles. The predicted octanol–water partition coefficient (Wildman–Crippen LogP) is 2.46. The summed E-state index contributed by atoms with van der Waals surface area (Å²) in [5.74, 6) is 1.14. The minimum absolute atomic E-state index is 0.183. The summed E-state index contributed by atoms with van der Waals surface area (Å²) in [6.07, 6.45) is 2.47. The Hall–Kier alpha value is -1.75. The molecule has 1 aromatic carbocycles. The summed E-state index contributed by atoms with van der Waals surface area (Å²) >= 11 is 4.24. The summed E-state index contributed by atoms with van der Waals surface area (Å²) in [5.41, 5.74) is 0.545. The summed E-state index contributed by atoms with van der Waals surface area (Å²) in [6.45, 7) is 2.26. The van der Waals surface area contributed by atoms with Crippen LogP contribution in [-0.4, -0.2) is 10.9 Å². The average Bonchev–Trinajstić information content (AvgIpc) is 2.84. The van der Waals surface area contributed by atoms with Crippen LogP contribution in [0.5, 0.6) is 0 Å². The number of aryl methyl sites for hydroxylation is 1. The second kappa shape index (κ2) is 5.73. The standard InChI is InChI=1S/C13H14N2O2S/c1-2-9-7-14-12(17-9)8-15-13(16)10-5-3-4-6-11(10)18/h3-7,18H,2,8H2,1H3,(H,15,16). The third kappa shape index (κ3) is 2.92. The molecule has 1 amide bonds. The maximum Gasteiger partial charge on any atom is 0.252 e. The Balaban J connectivity index is 1.98. The Morgan fingerprint density at radius 1 is 1.44 bits per heavy atom. The summed E-state index contributed by atoms with van der Waals surface area (Å²) in [4.78, 5) is 16.6. The molecule has 0 unspecified atom stereocenters. The lowest BCUT2D eigenvalue weighted by atomic mass is 10.2. The molecule has 2 aromatic rings. The van der Waals surface area contributed by atoms with Crippen molar-refractivity contribution in [1.82, 2.24) is 10.3 Å². The van der Waals surface area contributed by atoms with Gasteiger partial charge in [-0.2, -0.15) is 0 Å². The van der Waals surface area contributed by atoms with Gasteiger partial charge in [-0.05, 0) is 12.1 Å². The first-order valence-corrected chi connectivity index (χ1v) is 6.15. The normalized spacial score (nSPS) is 10.3. The number of amides is 1. The molecule has 0 aliphatic carbocycles. The van der Waals surface area contributed by atoms with Crippen molar-refractivity contribution in [3.05, 3.63) is 47.7 Å². The molecule has 1 N–H and O–H groups in total. The molecule has 5 heteroatoms. The molecule has 1 heterocycles. The number of thiol groups is 1. The van der Waals surface area contributed by atoms with E-state index in [0.29, 0.717) is 16.3 Å². The van der Waals surface area contributed by atoms with Gasteiger partial charge in [0.25, 0.3) is 5.91 Å². The summed E-state index contributed by atoms with van der Waals surface area (Å²) < 4.78 is 5.40. The smallest absolute Gasteiger partial charge is 0.252 e. The summed E-state index contributed by atoms with van der Waals surface area (Å²) in [7, 11) is 0. The average molecular weight is 262 g/mol. The number of hydrogen-bond acceptors (Lipinski definition) is 4. The van der Waals surface area contributed by atoms with Crippen LogP contribution in [0.2, 0.25) is 0 Å². The van der Waals surface area contributed by atoms with E-state index in [1.165, 1.54) is 0 Å². The number of nitrogens with one attached hydrogen (secondary N) is 1. The fourth-order valence-electron chi connectivity index (χ4n) is 1.51. The molecule has 94 valence electrons. The van der Waals surface area contributed by atoms with Gasteiger partial charge in [0, 0.05) is 11.3 Å². The topological polar surface area (TPSA) is 55.1 Å². The highest BCUT2D eigenvalue weighted by Crippen LogP contribution is 2.12. The van der Waals surface area contributed by atoms with E-state index in [0.717, 1.165) is 12.2 Å². The Morgan fingerprint density at radius 2 is 2.22 bits per heavy atom. The Kier molecular flexibility index (Phi) is 4.04. The maximum atomic E-state index is 11.9. The van der Waals surface area contributed by atoms with E-state index < -0.39 is 0 Å². The highest BCUT2D eigenvalue weighted by molar-refractivity contribution is 7.80. The summed E-state index contributed by atoms with van der Waals surface area (Å²) in [6, 6.07) is 7.14. The molecule has 0 atom stereocenters. The van der Waals surface area contributed by atoms with Gasteiger partial charge in [0.15, 0.2) is 0 Å². The van der Waals surface area contributed by atoms with Crippen molar-refractivity contribution >= 4 is 18.5 Å². The number of nitrogens with zero attached hydrogens (tertiary/aromatic N) is 1. The largest absolute Gasteiger partial charge is 0.444 e. The highest BCUT2D eigenvalue weighted by Gasteiger charge is 2.09. The van der Waals surface area contributed by atoms with Gasteiger partial charge >= 0.3 is 0 Å². The maximum absolute atomic E-state index is 11.9. The fourth-order valence-corrected chi connectivity index (χ4v) is 1.77. The first-order valence-electron chi connectivity index (χ1n) is 5.70. The molecule has 0 spiro atoms. The molecule has 18 heavy (non-hydrogen) atoms. The SMILES string of the molecule is CCc1cnc(CNC(=O)c2ccccc2S)o1. The van der Waals surface area contributed by atoms with E-state index in [4.69, 9.17) is 4.42 Å². The van der Waals surface area contributed by atoms with Crippen molar-refractivity contribution in [2.75, 3.05) is 0 Å². The molecule has 4 nitrogen and oxygen atoms in total. The van der Waals surface area contributed by atoms with Gasteiger partial charge in [-0.3, -0.25) is 4.79 Å². The lowest BCUT2D eigenvalue weighted by Crippen LogP contribution is -2.23. The van der Waals surface area contributed by atoms with Crippen molar-refractivity contribution in [2.45, 2.75) is 24.8 Å². The number of carbonyl (C=O) groups excluding carboxylic acids is 1. The van der Waals surface area contributed by atoms with Crippen LogP contribution in [0, 0.1) is 0 Å². The van der Waals surface area contributed by atoms with Crippen LogP contribution in [0.4, 0.5) is 0 Å². The van der Waals surface area contributed by atoms with Crippen molar-refractivity contribution < 1.29 is 9.21 Å². The van der Waals surface area contributed by atoms with Crippen LogP contribution in [0.15, 0.2) is 39.8 Å². The number of oxazole rings is 1. The van der Waals surface area contributed by atoms with E-state index in [9.17, 15) is 4.79 Å². The first kappa shape index (κ1) is 12.7. The Morgan fingerprint density at radius 3 is 2.89 bits per heavy atom. The second-order valence-corrected chi connectivity index (χ2v) is 4.26. The van der Waals surface area contributed by atoms with Gasteiger partial charge in [-0.15, -0.1) is 12.6 Å². The highest BCUT2D eigenvalue weighted by atomic mass is 32.1. The van der Waals surface area contributed by atoms with Crippen LogP contribution in [0.1, 0.15) is 28.9 Å². The molecule has 0 fully saturated rings. The molecular weight excluding hydrogens is 248 g/mol. The monoisotopic (exact) mass is 262 g/mol. The number of benzene rings is 1. The van der Waals surface area contributed by atoms with Crippen molar-refractivity contribution in [1.29, 1.82) is 0 Å². The molecule has 0 aliphatic rings. The van der Waals surface area contributed by atoms with Crippen molar-refractivity contribution in [3.8, 4) is 0 Å². The molecule has 2 rings (SSSR count). The summed E-state index contributed by atoms with van der Waals surface area (Å²) in [5, 5.41) is 2.75. The number of rotatable bonds is 4. The lowest BCUT2D eigenvalue weighted by Gasteiger charge is -2.04. The number of hydrogen-bond donors (Lipinski definition) is 2. The third-order valence-corrected chi connectivity index (χ3v) is 2.89. The molecule has 1 aromatic heterocycles.